The van der Waals surface area contributed by atoms with Crippen LogP contribution in [-0.4, -0.2) is 34.6 Å². The van der Waals surface area contributed by atoms with E-state index in [1.165, 1.54) is 5.06 Å². The first-order valence-corrected chi connectivity index (χ1v) is 10.0. The Kier molecular flexibility index (Phi) is 7.11. The van der Waals surface area contributed by atoms with E-state index in [0.29, 0.717) is 18.7 Å². The number of anilines is 1. The molecule has 0 aliphatic rings. The van der Waals surface area contributed by atoms with Crippen LogP contribution in [0.2, 0.25) is 0 Å². The van der Waals surface area contributed by atoms with Gasteiger partial charge < -0.3 is 5.32 Å². The lowest BCUT2D eigenvalue weighted by Crippen LogP contribution is -2.28. The first-order valence-electron chi connectivity index (χ1n) is 9.17. The predicted molar refractivity (Wildman–Crippen MR) is 111 cm³/mol. The van der Waals surface area contributed by atoms with Crippen LogP contribution in [0.5, 0.6) is 0 Å². The molecule has 0 fully saturated rings. The highest BCUT2D eigenvalue weighted by Crippen LogP contribution is 2.18. The van der Waals surface area contributed by atoms with Crippen molar-refractivity contribution >= 4 is 22.9 Å². The van der Waals surface area contributed by atoms with E-state index < -0.39 is 0 Å². The fourth-order valence-electron chi connectivity index (χ4n) is 2.73. The molecule has 6 nitrogen and oxygen atoms in total. The van der Waals surface area contributed by atoms with Crippen molar-refractivity contribution in [3.63, 3.8) is 0 Å². The van der Waals surface area contributed by atoms with Gasteiger partial charge in [0.1, 0.15) is 0 Å². The molecule has 0 saturated carbocycles. The van der Waals surface area contributed by atoms with E-state index in [-0.39, 0.29) is 5.91 Å². The molecule has 0 saturated heterocycles. The molecular weight excluding hydrogens is 372 g/mol. The largest absolute Gasteiger partial charge is 0.380 e. The SMILES string of the molecule is Cc1nc(CCCON(C)C(=O)c2ccccc2NCc2ccncc2)cs1. The molecule has 0 spiro atoms. The van der Waals surface area contributed by atoms with E-state index >= 15 is 0 Å². The van der Waals surface area contributed by atoms with Crippen molar-refractivity contribution in [2.75, 3.05) is 19.0 Å². The fraction of sp³-hybridized carbons (Fsp3) is 0.286. The Balaban J connectivity index is 1.52. The van der Waals surface area contributed by atoms with Gasteiger partial charge in [0.2, 0.25) is 0 Å². The van der Waals surface area contributed by atoms with Crippen LogP contribution in [-0.2, 0) is 17.8 Å². The topological polar surface area (TPSA) is 67.3 Å². The van der Waals surface area contributed by atoms with E-state index in [4.69, 9.17) is 4.84 Å². The number of carbonyl (C=O) groups excluding carboxylic acids is 1. The van der Waals surface area contributed by atoms with Crippen LogP contribution < -0.4 is 5.32 Å². The van der Waals surface area contributed by atoms with Crippen molar-refractivity contribution in [1.82, 2.24) is 15.0 Å². The third kappa shape index (κ3) is 5.61. The minimum atomic E-state index is -0.178. The summed E-state index contributed by atoms with van der Waals surface area (Å²) in [4.78, 5) is 26.9. The van der Waals surface area contributed by atoms with Crippen LogP contribution in [0.15, 0.2) is 54.2 Å². The average molecular weight is 397 g/mol. The number of hydrogen-bond acceptors (Lipinski definition) is 6. The lowest BCUT2D eigenvalue weighted by Gasteiger charge is -2.19. The summed E-state index contributed by atoms with van der Waals surface area (Å²) in [5, 5.41) is 7.76. The number of nitrogens with one attached hydrogen (secondary N) is 1. The molecule has 0 atom stereocenters. The zero-order valence-electron chi connectivity index (χ0n) is 16.1. The van der Waals surface area contributed by atoms with Gasteiger partial charge in [-0.1, -0.05) is 12.1 Å². The van der Waals surface area contributed by atoms with Gasteiger partial charge in [0, 0.05) is 37.1 Å². The monoisotopic (exact) mass is 396 g/mol. The Bertz CT molecular complexity index is 898. The molecule has 0 unspecified atom stereocenters. The molecule has 0 radical (unpaired) electrons. The van der Waals surface area contributed by atoms with Crippen LogP contribution in [0.25, 0.3) is 0 Å². The van der Waals surface area contributed by atoms with Gasteiger partial charge in [0.15, 0.2) is 0 Å². The highest BCUT2D eigenvalue weighted by Gasteiger charge is 2.16. The van der Waals surface area contributed by atoms with Gasteiger partial charge in [-0.05, 0) is 49.6 Å². The number of benzene rings is 1. The summed E-state index contributed by atoms with van der Waals surface area (Å²) in [7, 11) is 1.65. The number of carbonyl (C=O) groups is 1. The van der Waals surface area contributed by atoms with E-state index in [1.54, 1.807) is 36.8 Å². The van der Waals surface area contributed by atoms with Gasteiger partial charge in [-0.3, -0.25) is 14.6 Å². The molecule has 1 amide bonds. The molecule has 3 aromatic rings. The van der Waals surface area contributed by atoms with Gasteiger partial charge in [-0.25, -0.2) is 10.0 Å². The van der Waals surface area contributed by atoms with Gasteiger partial charge in [0.05, 0.1) is 22.9 Å². The molecule has 7 heteroatoms. The van der Waals surface area contributed by atoms with Gasteiger partial charge in [-0.15, -0.1) is 11.3 Å². The normalized spacial score (nSPS) is 10.6. The van der Waals surface area contributed by atoms with E-state index in [1.807, 2.05) is 37.3 Å². The number of aromatic nitrogens is 2. The quantitative estimate of drug-likeness (QED) is 0.436. The summed E-state index contributed by atoms with van der Waals surface area (Å²) in [6.07, 6.45) is 5.16. The second kappa shape index (κ2) is 9.96. The average Bonchev–Trinajstić information content (AvgIpc) is 3.15. The van der Waals surface area contributed by atoms with Crippen molar-refractivity contribution in [2.24, 2.45) is 0 Å². The summed E-state index contributed by atoms with van der Waals surface area (Å²) in [6.45, 7) is 3.08. The van der Waals surface area contributed by atoms with Gasteiger partial charge in [0.25, 0.3) is 5.91 Å². The Hall–Kier alpha value is -2.77. The number of nitrogens with zero attached hydrogens (tertiary/aromatic N) is 3. The number of hydrogen-bond donors (Lipinski definition) is 1. The minimum Gasteiger partial charge on any atom is -0.380 e. The summed E-state index contributed by atoms with van der Waals surface area (Å²) < 4.78 is 0. The predicted octanol–water partition coefficient (Wildman–Crippen LogP) is 4.10. The molecule has 0 bridgehead atoms. The molecule has 1 N–H and O–H groups in total. The van der Waals surface area contributed by atoms with E-state index in [9.17, 15) is 4.79 Å². The summed E-state index contributed by atoms with van der Waals surface area (Å²) in [6, 6.07) is 11.3. The molecule has 2 aromatic heterocycles. The molecule has 28 heavy (non-hydrogen) atoms. The Labute approximate surface area is 169 Å². The van der Waals surface area contributed by atoms with Crippen molar-refractivity contribution in [3.05, 3.63) is 76.0 Å². The number of hydroxylamine groups is 2. The van der Waals surface area contributed by atoms with Crippen LogP contribution in [0, 0.1) is 6.92 Å². The molecule has 2 heterocycles. The second-order valence-electron chi connectivity index (χ2n) is 6.35. The Morgan fingerprint density at radius 3 is 2.75 bits per heavy atom. The summed E-state index contributed by atoms with van der Waals surface area (Å²) >= 11 is 1.65. The standard InChI is InChI=1S/C21H24N4O2S/c1-16-24-18(15-28-16)6-5-13-27-25(2)21(26)19-7-3-4-8-20(19)23-14-17-9-11-22-12-10-17/h3-4,7-12,15,23H,5-6,13-14H2,1-2H3. The molecule has 1 aromatic carbocycles. The minimum absolute atomic E-state index is 0.178. The molecule has 3 rings (SSSR count). The van der Waals surface area contributed by atoms with Crippen molar-refractivity contribution in [1.29, 1.82) is 0 Å². The lowest BCUT2D eigenvalue weighted by molar-refractivity contribution is -0.106. The molecule has 146 valence electrons. The van der Waals surface area contributed by atoms with Crippen LogP contribution in [0.4, 0.5) is 5.69 Å². The zero-order valence-corrected chi connectivity index (χ0v) is 16.9. The Morgan fingerprint density at radius 1 is 1.21 bits per heavy atom. The number of rotatable bonds is 9. The third-order valence-electron chi connectivity index (χ3n) is 4.20. The zero-order chi connectivity index (χ0) is 19.8. The van der Waals surface area contributed by atoms with Crippen LogP contribution >= 0.6 is 11.3 Å². The van der Waals surface area contributed by atoms with E-state index in [0.717, 1.165) is 34.8 Å². The van der Waals surface area contributed by atoms with Crippen molar-refractivity contribution in [2.45, 2.75) is 26.3 Å². The number of aryl methyl sites for hydroxylation is 2. The lowest BCUT2D eigenvalue weighted by atomic mass is 10.1. The molecule has 0 aliphatic heterocycles. The highest BCUT2D eigenvalue weighted by atomic mass is 32.1. The van der Waals surface area contributed by atoms with Crippen molar-refractivity contribution in [3.8, 4) is 0 Å². The van der Waals surface area contributed by atoms with Crippen LogP contribution in [0.1, 0.15) is 33.0 Å². The molecule has 0 aliphatic carbocycles. The fourth-order valence-corrected chi connectivity index (χ4v) is 3.37. The number of para-hydroxylation sites is 1. The first kappa shape index (κ1) is 20.0. The second-order valence-corrected chi connectivity index (χ2v) is 7.41. The van der Waals surface area contributed by atoms with Gasteiger partial charge >= 0.3 is 0 Å². The summed E-state index contributed by atoms with van der Waals surface area (Å²) in [5.74, 6) is -0.178. The Morgan fingerprint density at radius 2 is 2.00 bits per heavy atom. The number of pyridine rings is 1. The maximum absolute atomic E-state index is 12.8. The number of amides is 1. The highest BCUT2D eigenvalue weighted by molar-refractivity contribution is 7.09. The van der Waals surface area contributed by atoms with Crippen molar-refractivity contribution < 1.29 is 9.63 Å². The maximum atomic E-state index is 12.8. The van der Waals surface area contributed by atoms with Gasteiger partial charge in [-0.2, -0.15) is 0 Å². The van der Waals surface area contributed by atoms with E-state index in [2.05, 4.69) is 20.7 Å². The third-order valence-corrected chi connectivity index (χ3v) is 5.03. The van der Waals surface area contributed by atoms with Crippen LogP contribution in [0.3, 0.4) is 0 Å². The first-order chi connectivity index (χ1) is 13.6. The maximum Gasteiger partial charge on any atom is 0.279 e. The summed E-state index contributed by atoms with van der Waals surface area (Å²) in [5.41, 5.74) is 3.52. The number of thiazole rings is 1. The smallest absolute Gasteiger partial charge is 0.279 e. The molecular formula is C21H24N4O2S.